The number of benzene rings is 1. The van der Waals surface area contributed by atoms with Crippen LogP contribution < -0.4 is 10.5 Å². The van der Waals surface area contributed by atoms with Gasteiger partial charge in [0.05, 0.1) is 7.11 Å². The molecule has 0 aliphatic heterocycles. The third-order valence-electron chi connectivity index (χ3n) is 2.85. The lowest BCUT2D eigenvalue weighted by Crippen LogP contribution is -2.07. The standard InChI is InChI=1S/C11H15NO/c1-7-3-6-10(13-2)11-8(7)4-5-9(11)12/h3,6,9H,4-5,12H2,1-2H3. The summed E-state index contributed by atoms with van der Waals surface area (Å²) < 4.78 is 5.30. The van der Waals surface area contributed by atoms with E-state index in [9.17, 15) is 0 Å². The van der Waals surface area contributed by atoms with Gasteiger partial charge < -0.3 is 10.5 Å². The van der Waals surface area contributed by atoms with E-state index < -0.39 is 0 Å². The fourth-order valence-electron chi connectivity index (χ4n) is 2.11. The first-order valence-electron chi connectivity index (χ1n) is 4.66. The molecular weight excluding hydrogens is 162 g/mol. The van der Waals surface area contributed by atoms with Gasteiger partial charge in [-0.1, -0.05) is 6.07 Å². The number of ether oxygens (including phenoxy) is 1. The van der Waals surface area contributed by atoms with Crippen molar-refractivity contribution in [2.24, 2.45) is 5.73 Å². The molecule has 2 heteroatoms. The summed E-state index contributed by atoms with van der Waals surface area (Å²) in [5.41, 5.74) is 9.97. The molecule has 2 nitrogen and oxygen atoms in total. The summed E-state index contributed by atoms with van der Waals surface area (Å²) in [6.45, 7) is 2.14. The molecular formula is C11H15NO. The van der Waals surface area contributed by atoms with Crippen molar-refractivity contribution in [2.45, 2.75) is 25.8 Å². The summed E-state index contributed by atoms with van der Waals surface area (Å²) in [6.07, 6.45) is 2.15. The summed E-state index contributed by atoms with van der Waals surface area (Å²) in [7, 11) is 1.70. The molecule has 0 bridgehead atoms. The van der Waals surface area contributed by atoms with Crippen LogP contribution >= 0.6 is 0 Å². The van der Waals surface area contributed by atoms with E-state index in [2.05, 4.69) is 13.0 Å². The summed E-state index contributed by atoms with van der Waals surface area (Å²) in [6, 6.07) is 4.29. The van der Waals surface area contributed by atoms with Gasteiger partial charge in [0.1, 0.15) is 5.75 Å². The normalized spacial score (nSPS) is 20.1. The second-order valence-corrected chi connectivity index (χ2v) is 3.62. The fourth-order valence-corrected chi connectivity index (χ4v) is 2.11. The van der Waals surface area contributed by atoms with E-state index in [4.69, 9.17) is 10.5 Å². The van der Waals surface area contributed by atoms with Crippen LogP contribution in [0.4, 0.5) is 0 Å². The highest BCUT2D eigenvalue weighted by Gasteiger charge is 2.24. The van der Waals surface area contributed by atoms with Gasteiger partial charge in [-0.2, -0.15) is 0 Å². The monoisotopic (exact) mass is 177 g/mol. The Kier molecular flexibility index (Phi) is 2.00. The van der Waals surface area contributed by atoms with Gasteiger partial charge in [0.15, 0.2) is 0 Å². The maximum atomic E-state index is 6.01. The second-order valence-electron chi connectivity index (χ2n) is 3.62. The predicted molar refractivity (Wildman–Crippen MR) is 53.0 cm³/mol. The van der Waals surface area contributed by atoms with Crippen molar-refractivity contribution < 1.29 is 4.74 Å². The van der Waals surface area contributed by atoms with Crippen molar-refractivity contribution in [1.82, 2.24) is 0 Å². The van der Waals surface area contributed by atoms with E-state index in [0.717, 1.165) is 18.6 Å². The maximum Gasteiger partial charge on any atom is 0.123 e. The Hall–Kier alpha value is -1.02. The number of aryl methyl sites for hydroxylation is 1. The molecule has 70 valence electrons. The second kappa shape index (κ2) is 3.04. The average molecular weight is 177 g/mol. The minimum absolute atomic E-state index is 0.171. The van der Waals surface area contributed by atoms with Crippen molar-refractivity contribution in [3.8, 4) is 5.75 Å². The first-order valence-corrected chi connectivity index (χ1v) is 4.66. The molecule has 1 atom stereocenters. The SMILES string of the molecule is COc1ccc(C)c2c1C(N)CC2. The zero-order chi connectivity index (χ0) is 9.42. The van der Waals surface area contributed by atoms with Crippen molar-refractivity contribution >= 4 is 0 Å². The molecule has 0 aromatic heterocycles. The molecule has 0 amide bonds. The Bertz CT molecular complexity index is 333. The summed E-state index contributed by atoms with van der Waals surface area (Å²) in [5, 5.41) is 0. The molecule has 0 fully saturated rings. The van der Waals surface area contributed by atoms with Gasteiger partial charge in [0, 0.05) is 11.6 Å². The van der Waals surface area contributed by atoms with E-state index >= 15 is 0 Å². The Labute approximate surface area is 78.7 Å². The van der Waals surface area contributed by atoms with E-state index in [0.29, 0.717) is 0 Å². The molecule has 1 aliphatic rings. The molecule has 1 aromatic rings. The lowest BCUT2D eigenvalue weighted by atomic mass is 10.0. The van der Waals surface area contributed by atoms with Crippen LogP contribution in [0.1, 0.15) is 29.2 Å². The minimum atomic E-state index is 0.171. The lowest BCUT2D eigenvalue weighted by Gasteiger charge is -2.12. The van der Waals surface area contributed by atoms with Gasteiger partial charge in [-0.15, -0.1) is 0 Å². The average Bonchev–Trinajstić information content (AvgIpc) is 2.51. The Morgan fingerprint density at radius 2 is 2.23 bits per heavy atom. The summed E-state index contributed by atoms with van der Waals surface area (Å²) in [5.74, 6) is 0.950. The first kappa shape index (κ1) is 8.57. The Morgan fingerprint density at radius 1 is 1.46 bits per heavy atom. The minimum Gasteiger partial charge on any atom is -0.496 e. The molecule has 2 rings (SSSR count). The molecule has 0 saturated heterocycles. The number of methoxy groups -OCH3 is 1. The largest absolute Gasteiger partial charge is 0.496 e. The van der Waals surface area contributed by atoms with Gasteiger partial charge in [-0.3, -0.25) is 0 Å². The van der Waals surface area contributed by atoms with Crippen LogP contribution in [-0.2, 0) is 6.42 Å². The predicted octanol–water partition coefficient (Wildman–Crippen LogP) is 1.95. The molecule has 0 radical (unpaired) electrons. The third kappa shape index (κ3) is 1.22. The molecule has 1 aliphatic carbocycles. The zero-order valence-electron chi connectivity index (χ0n) is 8.13. The van der Waals surface area contributed by atoms with Crippen LogP contribution in [0.25, 0.3) is 0 Å². The third-order valence-corrected chi connectivity index (χ3v) is 2.85. The molecule has 0 heterocycles. The summed E-state index contributed by atoms with van der Waals surface area (Å²) in [4.78, 5) is 0. The van der Waals surface area contributed by atoms with Crippen molar-refractivity contribution in [2.75, 3.05) is 7.11 Å². The lowest BCUT2D eigenvalue weighted by molar-refractivity contribution is 0.407. The van der Waals surface area contributed by atoms with Gasteiger partial charge in [0.2, 0.25) is 0 Å². The topological polar surface area (TPSA) is 35.2 Å². The van der Waals surface area contributed by atoms with Crippen LogP contribution in [0.3, 0.4) is 0 Å². The van der Waals surface area contributed by atoms with Gasteiger partial charge in [-0.25, -0.2) is 0 Å². The van der Waals surface area contributed by atoms with Crippen molar-refractivity contribution in [1.29, 1.82) is 0 Å². The Morgan fingerprint density at radius 3 is 2.92 bits per heavy atom. The van der Waals surface area contributed by atoms with Gasteiger partial charge in [0.25, 0.3) is 0 Å². The first-order chi connectivity index (χ1) is 6.24. The van der Waals surface area contributed by atoms with Crippen LogP contribution in [0.5, 0.6) is 5.75 Å². The molecule has 13 heavy (non-hydrogen) atoms. The van der Waals surface area contributed by atoms with E-state index in [1.165, 1.54) is 16.7 Å². The molecule has 1 unspecified atom stereocenters. The fraction of sp³-hybridized carbons (Fsp3) is 0.455. The van der Waals surface area contributed by atoms with Crippen LogP contribution in [0, 0.1) is 6.92 Å². The number of fused-ring (bicyclic) bond motifs is 1. The highest BCUT2D eigenvalue weighted by Crippen LogP contribution is 2.37. The van der Waals surface area contributed by atoms with E-state index in [1.807, 2.05) is 6.07 Å². The zero-order valence-corrected chi connectivity index (χ0v) is 8.13. The number of rotatable bonds is 1. The molecule has 1 aromatic carbocycles. The number of hydrogen-bond donors (Lipinski definition) is 1. The molecule has 0 saturated carbocycles. The van der Waals surface area contributed by atoms with E-state index in [-0.39, 0.29) is 6.04 Å². The van der Waals surface area contributed by atoms with Gasteiger partial charge >= 0.3 is 0 Å². The highest BCUT2D eigenvalue weighted by molar-refractivity contribution is 5.49. The van der Waals surface area contributed by atoms with Crippen molar-refractivity contribution in [3.63, 3.8) is 0 Å². The Balaban J connectivity index is 2.60. The summed E-state index contributed by atoms with van der Waals surface area (Å²) >= 11 is 0. The highest BCUT2D eigenvalue weighted by atomic mass is 16.5. The van der Waals surface area contributed by atoms with E-state index in [1.54, 1.807) is 7.11 Å². The number of nitrogens with two attached hydrogens (primary N) is 1. The van der Waals surface area contributed by atoms with Gasteiger partial charge in [-0.05, 0) is 37.0 Å². The van der Waals surface area contributed by atoms with Crippen LogP contribution in [0.15, 0.2) is 12.1 Å². The quantitative estimate of drug-likeness (QED) is 0.711. The number of hydrogen-bond acceptors (Lipinski definition) is 2. The van der Waals surface area contributed by atoms with Crippen LogP contribution in [-0.4, -0.2) is 7.11 Å². The van der Waals surface area contributed by atoms with Crippen molar-refractivity contribution in [3.05, 3.63) is 28.8 Å². The van der Waals surface area contributed by atoms with Crippen LogP contribution in [0.2, 0.25) is 0 Å². The molecule has 0 spiro atoms. The smallest absolute Gasteiger partial charge is 0.123 e. The maximum absolute atomic E-state index is 6.01. The molecule has 2 N–H and O–H groups in total.